The van der Waals surface area contributed by atoms with Crippen molar-refractivity contribution >= 4 is 45.2 Å². The molecule has 0 N–H and O–H groups in total. The Morgan fingerprint density at radius 1 is 1.05 bits per heavy atom. The molecule has 0 saturated heterocycles. The van der Waals surface area contributed by atoms with E-state index in [1.54, 1.807) is 6.07 Å². The number of ether oxygens (including phenoxy) is 1. The smallest absolute Gasteiger partial charge is 0.417 e. The molecule has 5 nitrogen and oxygen atoms in total. The number of halogens is 5. The summed E-state index contributed by atoms with van der Waals surface area (Å²) in [5.74, 6) is 0.145. The molecule has 3 aromatic rings. The minimum atomic E-state index is -4.63. The number of fused-ring (bicyclic) bond motifs is 1. The summed E-state index contributed by atoms with van der Waals surface area (Å²) >= 11 is 6.07. The maximum Gasteiger partial charge on any atom is 0.417 e. The molecule has 0 saturated carbocycles. The number of carbonyl (C=O) groups excluding carboxylic acids is 1. The summed E-state index contributed by atoms with van der Waals surface area (Å²) < 4.78 is 90.3. The normalized spacial score (nSPS) is 16.0. The third kappa shape index (κ3) is 6.93. The lowest BCUT2D eigenvalue weighted by atomic mass is 10.0. The fraction of sp³-hybridized carbons (Fsp3) is 0.300. The van der Waals surface area contributed by atoms with Gasteiger partial charge in [-0.15, -0.1) is 0 Å². The van der Waals surface area contributed by atoms with E-state index in [4.69, 9.17) is 16.3 Å². The van der Waals surface area contributed by atoms with Crippen molar-refractivity contribution in [3.05, 3.63) is 87.9 Å². The molecule has 0 aliphatic carbocycles. The maximum atomic E-state index is 14.7. The van der Waals surface area contributed by atoms with Crippen LogP contribution in [-0.2, 0) is 26.7 Å². The lowest BCUT2D eigenvalue weighted by Crippen LogP contribution is -2.43. The molecule has 1 aliphatic rings. The van der Waals surface area contributed by atoms with Crippen LogP contribution in [0.25, 0.3) is 12.2 Å². The Morgan fingerprint density at radius 3 is 2.41 bits per heavy atom. The summed E-state index contributed by atoms with van der Waals surface area (Å²) in [6.07, 6.45) is -2.20. The first-order chi connectivity index (χ1) is 19.1. The summed E-state index contributed by atoms with van der Waals surface area (Å²) in [6.45, 7) is 3.95. The first-order valence-electron chi connectivity index (χ1n) is 12.7. The van der Waals surface area contributed by atoms with Crippen molar-refractivity contribution in [1.29, 1.82) is 0 Å². The number of benzene rings is 3. The van der Waals surface area contributed by atoms with Crippen molar-refractivity contribution in [3.63, 3.8) is 0 Å². The molecular weight excluding hydrogens is 582 g/mol. The standard InChI is InChI=1S/C30H28ClF4NO4S/c1-19(37)10-13-22-18-36(41(38,39)23-7-4-6-21(17-23)29(2,3)32)27-16-20(12-15-28(27)40-22)11-14-24-25(30(33,34)35)8-5-9-26(24)31/h4-9,11-12,14-17,22H,10,13,18H2,1-3H3. The van der Waals surface area contributed by atoms with E-state index in [1.165, 1.54) is 81.5 Å². The van der Waals surface area contributed by atoms with Gasteiger partial charge in [-0.1, -0.05) is 48.0 Å². The summed E-state index contributed by atoms with van der Waals surface area (Å²) in [7, 11) is -4.24. The van der Waals surface area contributed by atoms with Crippen molar-refractivity contribution in [1.82, 2.24) is 0 Å². The van der Waals surface area contributed by atoms with Crippen LogP contribution in [0.1, 0.15) is 55.9 Å². The minimum Gasteiger partial charge on any atom is -0.486 e. The number of anilines is 1. The van der Waals surface area contributed by atoms with Crippen molar-refractivity contribution in [2.24, 2.45) is 0 Å². The van der Waals surface area contributed by atoms with Gasteiger partial charge in [0.15, 0.2) is 0 Å². The Bertz CT molecular complexity index is 1600. The second kappa shape index (κ2) is 11.5. The van der Waals surface area contributed by atoms with E-state index >= 15 is 0 Å². The van der Waals surface area contributed by atoms with Crippen LogP contribution in [0.4, 0.5) is 23.2 Å². The highest BCUT2D eigenvalue weighted by molar-refractivity contribution is 7.92. The molecule has 0 radical (unpaired) electrons. The topological polar surface area (TPSA) is 63.7 Å². The van der Waals surface area contributed by atoms with Gasteiger partial charge in [-0.3, -0.25) is 4.31 Å². The highest BCUT2D eigenvalue weighted by atomic mass is 35.5. The van der Waals surface area contributed by atoms with Crippen molar-refractivity contribution in [2.75, 3.05) is 10.8 Å². The lowest BCUT2D eigenvalue weighted by Gasteiger charge is -2.36. The van der Waals surface area contributed by atoms with Crippen LogP contribution < -0.4 is 9.04 Å². The monoisotopic (exact) mass is 609 g/mol. The van der Waals surface area contributed by atoms with Crippen LogP contribution in [0.2, 0.25) is 5.02 Å². The summed E-state index contributed by atoms with van der Waals surface area (Å²) in [6, 6.07) is 13.7. The van der Waals surface area contributed by atoms with Crippen LogP contribution in [0.3, 0.4) is 0 Å². The summed E-state index contributed by atoms with van der Waals surface area (Å²) in [4.78, 5) is 11.5. The Morgan fingerprint density at radius 2 is 1.76 bits per heavy atom. The number of nitrogens with zero attached hydrogens (tertiary/aromatic N) is 1. The quantitative estimate of drug-likeness (QED) is 0.191. The molecule has 0 aromatic heterocycles. The summed E-state index contributed by atoms with van der Waals surface area (Å²) in [5.41, 5.74) is -2.19. The zero-order valence-corrected chi connectivity index (χ0v) is 24.1. The van der Waals surface area contributed by atoms with Crippen LogP contribution in [-0.4, -0.2) is 26.8 Å². The van der Waals surface area contributed by atoms with Crippen molar-refractivity contribution < 1.29 is 35.5 Å². The van der Waals surface area contributed by atoms with Gasteiger partial charge < -0.3 is 9.53 Å². The van der Waals surface area contributed by atoms with Crippen molar-refractivity contribution in [2.45, 2.75) is 56.5 Å². The highest BCUT2D eigenvalue weighted by Crippen LogP contribution is 2.40. The van der Waals surface area contributed by atoms with Gasteiger partial charge in [-0.2, -0.15) is 13.2 Å². The molecule has 0 spiro atoms. The van der Waals surface area contributed by atoms with Gasteiger partial charge in [0.25, 0.3) is 10.0 Å². The third-order valence-corrected chi connectivity index (χ3v) is 8.75. The van der Waals surface area contributed by atoms with Crippen molar-refractivity contribution in [3.8, 4) is 5.75 Å². The molecule has 11 heteroatoms. The number of hydrogen-bond donors (Lipinski definition) is 0. The Hall–Kier alpha value is -3.37. The largest absolute Gasteiger partial charge is 0.486 e. The predicted octanol–water partition coefficient (Wildman–Crippen LogP) is 8.06. The van der Waals surface area contributed by atoms with E-state index in [-0.39, 0.29) is 57.7 Å². The van der Waals surface area contributed by atoms with Gasteiger partial charge in [0.1, 0.15) is 23.3 Å². The van der Waals surface area contributed by atoms with E-state index in [0.717, 1.165) is 10.4 Å². The zero-order valence-electron chi connectivity index (χ0n) is 22.5. The molecule has 3 aromatic carbocycles. The van der Waals surface area contributed by atoms with E-state index in [0.29, 0.717) is 5.56 Å². The Balaban J connectivity index is 1.78. The average Bonchev–Trinajstić information content (AvgIpc) is 2.89. The zero-order chi connectivity index (χ0) is 30.2. The molecule has 0 bridgehead atoms. The molecule has 41 heavy (non-hydrogen) atoms. The van der Waals surface area contributed by atoms with Crippen LogP contribution in [0, 0.1) is 0 Å². The van der Waals surface area contributed by atoms with Crippen LogP contribution in [0.5, 0.6) is 5.75 Å². The molecule has 1 unspecified atom stereocenters. The van der Waals surface area contributed by atoms with Gasteiger partial charge in [-0.25, -0.2) is 12.8 Å². The van der Waals surface area contributed by atoms with E-state index in [2.05, 4.69) is 0 Å². The van der Waals surface area contributed by atoms with Crippen LogP contribution >= 0.6 is 11.6 Å². The van der Waals surface area contributed by atoms with E-state index in [9.17, 15) is 30.8 Å². The first kappa shape index (κ1) is 30.6. The predicted molar refractivity (Wildman–Crippen MR) is 151 cm³/mol. The first-order valence-corrected chi connectivity index (χ1v) is 14.6. The molecular formula is C30H28ClF4NO4S. The number of rotatable bonds is 8. The Kier molecular flexibility index (Phi) is 8.57. The number of sulfonamides is 1. The maximum absolute atomic E-state index is 14.7. The summed E-state index contributed by atoms with van der Waals surface area (Å²) in [5, 5.41) is -0.0921. The van der Waals surface area contributed by atoms with Gasteiger partial charge in [0.2, 0.25) is 0 Å². The molecule has 1 atom stereocenters. The average molecular weight is 610 g/mol. The SMILES string of the molecule is CC(=O)CCC1CN(S(=O)(=O)c2cccc(C(C)(C)F)c2)c2cc(C=Cc3c(Cl)cccc3C(F)(F)F)ccc2O1. The fourth-order valence-electron chi connectivity index (χ4n) is 4.46. The van der Waals surface area contributed by atoms with Gasteiger partial charge in [0.05, 0.1) is 22.7 Å². The molecule has 1 heterocycles. The Labute approximate surface area is 241 Å². The lowest BCUT2D eigenvalue weighted by molar-refractivity contribution is -0.137. The van der Waals surface area contributed by atoms with Crippen LogP contribution in [0.15, 0.2) is 65.6 Å². The molecule has 218 valence electrons. The van der Waals surface area contributed by atoms with E-state index in [1.807, 2.05) is 0 Å². The number of carbonyl (C=O) groups is 1. The number of hydrogen-bond acceptors (Lipinski definition) is 4. The van der Waals surface area contributed by atoms with Gasteiger partial charge in [-0.05, 0) is 74.7 Å². The fourth-order valence-corrected chi connectivity index (χ4v) is 6.24. The minimum absolute atomic E-state index is 0.0787. The number of alkyl halides is 4. The number of ketones is 1. The second-order valence-corrected chi connectivity index (χ2v) is 12.5. The number of Topliss-reactive ketones (excluding diaryl/α,β-unsaturated/α-hetero) is 1. The third-order valence-electron chi connectivity index (χ3n) is 6.64. The molecule has 0 amide bonds. The highest BCUT2D eigenvalue weighted by Gasteiger charge is 2.36. The van der Waals surface area contributed by atoms with Gasteiger partial charge >= 0.3 is 6.18 Å². The van der Waals surface area contributed by atoms with E-state index < -0.39 is 33.5 Å². The molecule has 0 fully saturated rings. The molecule has 1 aliphatic heterocycles. The van der Waals surface area contributed by atoms with Gasteiger partial charge in [0, 0.05) is 17.0 Å². The second-order valence-electron chi connectivity index (χ2n) is 10.3. The molecule has 4 rings (SSSR count).